The van der Waals surface area contributed by atoms with Crippen molar-refractivity contribution >= 4 is 17.7 Å². The fourth-order valence-electron chi connectivity index (χ4n) is 2.65. The Kier molecular flexibility index (Phi) is 4.61. The van der Waals surface area contributed by atoms with Gasteiger partial charge in [0.25, 0.3) is 0 Å². The molecule has 0 radical (unpaired) electrons. The van der Waals surface area contributed by atoms with Gasteiger partial charge in [-0.3, -0.25) is 4.79 Å². The highest BCUT2D eigenvalue weighted by Crippen LogP contribution is 2.25. The summed E-state index contributed by atoms with van der Waals surface area (Å²) in [5, 5.41) is 14.6. The molecule has 3 N–H and O–H groups in total. The quantitative estimate of drug-likeness (QED) is 0.791. The summed E-state index contributed by atoms with van der Waals surface area (Å²) in [4.78, 5) is 22.8. The number of urea groups is 1. The predicted molar refractivity (Wildman–Crippen MR) is 76.7 cm³/mol. The van der Waals surface area contributed by atoms with Gasteiger partial charge in [0.15, 0.2) is 0 Å². The summed E-state index contributed by atoms with van der Waals surface area (Å²) in [6, 6.07) is 6.92. The lowest BCUT2D eigenvalue weighted by molar-refractivity contribution is -0.136. The van der Waals surface area contributed by atoms with Crippen molar-refractivity contribution in [2.45, 2.75) is 38.6 Å². The van der Waals surface area contributed by atoms with E-state index >= 15 is 0 Å². The average Bonchev–Trinajstić information content (AvgIpc) is 2.77. The topological polar surface area (TPSA) is 78.4 Å². The maximum absolute atomic E-state index is 12.0. The molecule has 1 fully saturated rings. The largest absolute Gasteiger partial charge is 0.481 e. The van der Waals surface area contributed by atoms with Gasteiger partial charge in [0.2, 0.25) is 0 Å². The minimum Gasteiger partial charge on any atom is -0.481 e. The standard InChI is InChI=1S/C15H20N2O3/c1-10-5-4-8-12(10)16-15(20)17-13-7-3-2-6-11(13)9-14(18)19/h2-3,6-7,10,12H,4-5,8-9H2,1H3,(H,18,19)(H2,16,17,20). The van der Waals surface area contributed by atoms with E-state index in [9.17, 15) is 9.59 Å². The van der Waals surface area contributed by atoms with Crippen molar-refractivity contribution in [1.29, 1.82) is 0 Å². The molecule has 20 heavy (non-hydrogen) atoms. The highest BCUT2D eigenvalue weighted by molar-refractivity contribution is 5.91. The fraction of sp³-hybridized carbons (Fsp3) is 0.467. The molecule has 1 saturated carbocycles. The third-order valence-electron chi connectivity index (χ3n) is 3.79. The molecule has 0 aliphatic heterocycles. The van der Waals surface area contributed by atoms with Crippen LogP contribution in [0.2, 0.25) is 0 Å². The van der Waals surface area contributed by atoms with Gasteiger partial charge in [-0.2, -0.15) is 0 Å². The molecule has 108 valence electrons. The summed E-state index contributed by atoms with van der Waals surface area (Å²) in [6.45, 7) is 2.14. The minimum absolute atomic E-state index is 0.101. The van der Waals surface area contributed by atoms with E-state index in [0.29, 0.717) is 17.2 Å². The second-order valence-corrected chi connectivity index (χ2v) is 5.34. The molecule has 2 rings (SSSR count). The van der Waals surface area contributed by atoms with Gasteiger partial charge in [-0.1, -0.05) is 31.5 Å². The molecule has 1 aliphatic rings. The van der Waals surface area contributed by atoms with Gasteiger partial charge in [-0.15, -0.1) is 0 Å². The zero-order chi connectivity index (χ0) is 14.5. The number of rotatable bonds is 4. The van der Waals surface area contributed by atoms with Crippen molar-refractivity contribution in [2.75, 3.05) is 5.32 Å². The molecule has 1 aromatic rings. The van der Waals surface area contributed by atoms with E-state index in [-0.39, 0.29) is 18.5 Å². The van der Waals surface area contributed by atoms with E-state index in [1.54, 1.807) is 24.3 Å². The van der Waals surface area contributed by atoms with Gasteiger partial charge >= 0.3 is 12.0 Å². The van der Waals surface area contributed by atoms with Crippen LogP contribution in [0.1, 0.15) is 31.7 Å². The van der Waals surface area contributed by atoms with Crippen molar-refractivity contribution in [2.24, 2.45) is 5.92 Å². The zero-order valence-corrected chi connectivity index (χ0v) is 11.6. The van der Waals surface area contributed by atoms with Crippen molar-refractivity contribution in [3.8, 4) is 0 Å². The highest BCUT2D eigenvalue weighted by Gasteiger charge is 2.24. The van der Waals surface area contributed by atoms with E-state index in [0.717, 1.165) is 19.3 Å². The Morgan fingerprint density at radius 1 is 1.30 bits per heavy atom. The predicted octanol–water partition coefficient (Wildman–Crippen LogP) is 2.62. The lowest BCUT2D eigenvalue weighted by Gasteiger charge is -2.18. The van der Waals surface area contributed by atoms with Crippen LogP contribution < -0.4 is 10.6 Å². The van der Waals surface area contributed by atoms with E-state index in [1.165, 1.54) is 0 Å². The van der Waals surface area contributed by atoms with Gasteiger partial charge in [0.05, 0.1) is 6.42 Å². The molecular weight excluding hydrogens is 256 g/mol. The first-order valence-corrected chi connectivity index (χ1v) is 6.93. The van der Waals surface area contributed by atoms with E-state index in [2.05, 4.69) is 17.6 Å². The van der Waals surface area contributed by atoms with Crippen LogP contribution in [0.5, 0.6) is 0 Å². The molecule has 0 spiro atoms. The number of amides is 2. The third-order valence-corrected chi connectivity index (χ3v) is 3.79. The number of anilines is 1. The molecule has 0 aromatic heterocycles. The lowest BCUT2D eigenvalue weighted by Crippen LogP contribution is -2.39. The number of hydrogen-bond donors (Lipinski definition) is 3. The SMILES string of the molecule is CC1CCCC1NC(=O)Nc1ccccc1CC(=O)O. The maximum atomic E-state index is 12.0. The molecular formula is C15H20N2O3. The number of carboxylic acids is 1. The molecule has 1 aliphatic carbocycles. The summed E-state index contributed by atoms with van der Waals surface area (Å²) in [7, 11) is 0. The number of aliphatic carboxylic acids is 1. The first-order chi connectivity index (χ1) is 9.56. The van der Waals surface area contributed by atoms with Gasteiger partial charge in [-0.05, 0) is 30.4 Å². The van der Waals surface area contributed by atoms with Crippen molar-refractivity contribution in [3.05, 3.63) is 29.8 Å². The highest BCUT2D eigenvalue weighted by atomic mass is 16.4. The van der Waals surface area contributed by atoms with Crippen LogP contribution in [0, 0.1) is 5.92 Å². The minimum atomic E-state index is -0.913. The molecule has 0 saturated heterocycles. The summed E-state index contributed by atoms with van der Waals surface area (Å²) in [5.74, 6) is -0.418. The van der Waals surface area contributed by atoms with Crippen molar-refractivity contribution in [3.63, 3.8) is 0 Å². The molecule has 1 aromatic carbocycles. The second-order valence-electron chi connectivity index (χ2n) is 5.34. The number of carboxylic acid groups (broad SMARTS) is 1. The average molecular weight is 276 g/mol. The summed E-state index contributed by atoms with van der Waals surface area (Å²) in [5.41, 5.74) is 1.16. The molecule has 0 heterocycles. The van der Waals surface area contributed by atoms with Crippen LogP contribution in [0.4, 0.5) is 10.5 Å². The smallest absolute Gasteiger partial charge is 0.319 e. The van der Waals surface area contributed by atoms with Crippen LogP contribution in [-0.2, 0) is 11.2 Å². The number of para-hydroxylation sites is 1. The van der Waals surface area contributed by atoms with Crippen LogP contribution >= 0.6 is 0 Å². The Hall–Kier alpha value is -2.04. The number of hydrogen-bond acceptors (Lipinski definition) is 2. The lowest BCUT2D eigenvalue weighted by atomic mass is 10.1. The Labute approximate surface area is 118 Å². The summed E-state index contributed by atoms with van der Waals surface area (Å²) in [6.07, 6.45) is 3.18. The van der Waals surface area contributed by atoms with Gasteiger partial charge in [0, 0.05) is 11.7 Å². The molecule has 0 bridgehead atoms. The van der Waals surface area contributed by atoms with Crippen molar-refractivity contribution < 1.29 is 14.7 Å². The monoisotopic (exact) mass is 276 g/mol. The van der Waals surface area contributed by atoms with E-state index in [1.807, 2.05) is 0 Å². The fourth-order valence-corrected chi connectivity index (χ4v) is 2.65. The second kappa shape index (κ2) is 6.41. The Morgan fingerprint density at radius 2 is 2.05 bits per heavy atom. The number of carbonyl (C=O) groups excluding carboxylic acids is 1. The molecule has 5 heteroatoms. The van der Waals surface area contributed by atoms with E-state index < -0.39 is 5.97 Å². The van der Waals surface area contributed by atoms with Crippen LogP contribution in [-0.4, -0.2) is 23.1 Å². The van der Waals surface area contributed by atoms with E-state index in [4.69, 9.17) is 5.11 Å². The Morgan fingerprint density at radius 3 is 2.70 bits per heavy atom. The van der Waals surface area contributed by atoms with Crippen LogP contribution in [0.3, 0.4) is 0 Å². The Balaban J connectivity index is 1.98. The summed E-state index contributed by atoms with van der Waals surface area (Å²) >= 11 is 0. The third kappa shape index (κ3) is 3.73. The number of carbonyl (C=O) groups is 2. The zero-order valence-electron chi connectivity index (χ0n) is 11.6. The number of nitrogens with one attached hydrogen (secondary N) is 2. The molecule has 5 nitrogen and oxygen atoms in total. The Bertz CT molecular complexity index is 502. The van der Waals surface area contributed by atoms with Gasteiger partial charge in [0.1, 0.15) is 0 Å². The van der Waals surface area contributed by atoms with Gasteiger partial charge < -0.3 is 15.7 Å². The molecule has 2 unspecified atom stereocenters. The van der Waals surface area contributed by atoms with Crippen LogP contribution in [0.25, 0.3) is 0 Å². The van der Waals surface area contributed by atoms with Crippen molar-refractivity contribution in [1.82, 2.24) is 5.32 Å². The van der Waals surface area contributed by atoms with Crippen LogP contribution in [0.15, 0.2) is 24.3 Å². The summed E-state index contributed by atoms with van der Waals surface area (Å²) < 4.78 is 0. The first kappa shape index (κ1) is 14.4. The first-order valence-electron chi connectivity index (χ1n) is 6.93. The normalized spacial score (nSPS) is 21.4. The van der Waals surface area contributed by atoms with Gasteiger partial charge in [-0.25, -0.2) is 4.79 Å². The molecule has 2 atom stereocenters. The number of benzene rings is 1. The molecule has 2 amide bonds. The maximum Gasteiger partial charge on any atom is 0.319 e.